The molecule has 0 bridgehead atoms. The summed E-state index contributed by atoms with van der Waals surface area (Å²) in [5, 5.41) is 0.579. The first kappa shape index (κ1) is 13.0. The molecule has 2 aromatic rings. The summed E-state index contributed by atoms with van der Waals surface area (Å²) < 4.78 is 0. The maximum atomic E-state index is 6.28. The highest BCUT2D eigenvalue weighted by molar-refractivity contribution is 6.30. The van der Waals surface area contributed by atoms with Crippen molar-refractivity contribution in [1.82, 2.24) is 9.97 Å². The van der Waals surface area contributed by atoms with Gasteiger partial charge in [-0.2, -0.15) is 0 Å². The smallest absolute Gasteiger partial charge is 0.136 e. The number of halogens is 1. The summed E-state index contributed by atoms with van der Waals surface area (Å²) in [7, 11) is 0. The molecule has 0 aliphatic carbocycles. The Hall–Kier alpha value is -1.41. The fourth-order valence-electron chi connectivity index (χ4n) is 1.84. The predicted octanol–water partition coefficient (Wildman–Crippen LogP) is 4.15. The van der Waals surface area contributed by atoms with E-state index in [-0.39, 0.29) is 0 Å². The van der Waals surface area contributed by atoms with E-state index in [1.807, 2.05) is 25.1 Å². The number of aromatic nitrogens is 2. The molecule has 0 amide bonds. The van der Waals surface area contributed by atoms with Gasteiger partial charge in [-0.25, -0.2) is 9.97 Å². The maximum Gasteiger partial charge on any atom is 0.136 e. The Balaban J connectivity index is 2.34. The van der Waals surface area contributed by atoms with E-state index in [0.717, 1.165) is 23.5 Å². The Bertz CT molecular complexity index is 512. The zero-order valence-electron chi connectivity index (χ0n) is 10.9. The van der Waals surface area contributed by atoms with E-state index in [4.69, 9.17) is 11.6 Å². The first-order valence-electron chi connectivity index (χ1n) is 6.14. The van der Waals surface area contributed by atoms with Crippen LogP contribution in [0.25, 0.3) is 0 Å². The molecule has 2 nitrogen and oxygen atoms in total. The number of hydrogen-bond donors (Lipinski definition) is 0. The lowest BCUT2D eigenvalue weighted by Gasteiger charge is -2.11. The van der Waals surface area contributed by atoms with E-state index < -0.39 is 0 Å². The van der Waals surface area contributed by atoms with Crippen LogP contribution >= 0.6 is 11.6 Å². The average molecular weight is 261 g/mol. The van der Waals surface area contributed by atoms with E-state index in [1.54, 1.807) is 0 Å². The van der Waals surface area contributed by atoms with Crippen LogP contribution in [-0.2, 0) is 6.42 Å². The van der Waals surface area contributed by atoms with E-state index in [2.05, 4.69) is 35.9 Å². The summed E-state index contributed by atoms with van der Waals surface area (Å²) in [6.07, 6.45) is 0.782. The van der Waals surface area contributed by atoms with Crippen LogP contribution in [-0.4, -0.2) is 9.97 Å². The molecule has 0 aliphatic rings. The van der Waals surface area contributed by atoms with Gasteiger partial charge in [-0.05, 0) is 12.5 Å². The number of nitrogens with zero attached hydrogens (tertiary/aromatic N) is 2. The SMILES string of the molecule is Cc1nc(C(C)C)nc(Cl)c1Cc1ccccc1. The molecule has 1 aromatic carbocycles. The molecule has 2 rings (SSSR count). The van der Waals surface area contributed by atoms with Crippen LogP contribution in [0.5, 0.6) is 0 Å². The highest BCUT2D eigenvalue weighted by Crippen LogP contribution is 2.22. The summed E-state index contributed by atoms with van der Waals surface area (Å²) in [6.45, 7) is 6.14. The van der Waals surface area contributed by atoms with Crippen molar-refractivity contribution >= 4 is 11.6 Å². The molecule has 1 aromatic heterocycles. The number of aryl methyl sites for hydroxylation is 1. The summed E-state index contributed by atoms with van der Waals surface area (Å²) in [5.41, 5.74) is 3.22. The standard InChI is InChI=1S/C15H17ClN2/c1-10(2)15-17-11(3)13(14(16)18-15)9-12-7-5-4-6-8-12/h4-8,10H,9H2,1-3H3. The third kappa shape index (κ3) is 2.88. The minimum Gasteiger partial charge on any atom is -0.238 e. The van der Waals surface area contributed by atoms with Crippen LogP contribution in [0.1, 0.15) is 42.4 Å². The second-order valence-electron chi connectivity index (χ2n) is 4.75. The molecule has 0 saturated carbocycles. The first-order valence-corrected chi connectivity index (χ1v) is 6.52. The molecule has 0 aliphatic heterocycles. The summed E-state index contributed by atoms with van der Waals surface area (Å²) in [4.78, 5) is 8.92. The third-order valence-electron chi connectivity index (χ3n) is 2.92. The van der Waals surface area contributed by atoms with Crippen molar-refractivity contribution < 1.29 is 0 Å². The highest BCUT2D eigenvalue weighted by atomic mass is 35.5. The molecule has 18 heavy (non-hydrogen) atoms. The van der Waals surface area contributed by atoms with Crippen LogP contribution in [0.4, 0.5) is 0 Å². The topological polar surface area (TPSA) is 25.8 Å². The fourth-order valence-corrected chi connectivity index (χ4v) is 2.13. The molecular weight excluding hydrogens is 244 g/mol. The summed E-state index contributed by atoms with van der Waals surface area (Å²) in [6, 6.07) is 10.2. The van der Waals surface area contributed by atoms with Crippen molar-refractivity contribution in [3.8, 4) is 0 Å². The molecule has 0 spiro atoms. The molecule has 3 heteroatoms. The molecule has 0 fully saturated rings. The predicted molar refractivity (Wildman–Crippen MR) is 75.1 cm³/mol. The molecule has 94 valence electrons. The number of rotatable bonds is 3. The molecule has 0 saturated heterocycles. The van der Waals surface area contributed by atoms with Crippen LogP contribution in [0, 0.1) is 6.92 Å². The Morgan fingerprint density at radius 3 is 2.33 bits per heavy atom. The lowest BCUT2D eigenvalue weighted by molar-refractivity contribution is 0.760. The highest BCUT2D eigenvalue weighted by Gasteiger charge is 2.12. The molecule has 0 radical (unpaired) electrons. The van der Waals surface area contributed by atoms with Gasteiger partial charge in [-0.1, -0.05) is 55.8 Å². The fraction of sp³-hybridized carbons (Fsp3) is 0.333. The minimum atomic E-state index is 0.298. The molecule has 0 unspecified atom stereocenters. The van der Waals surface area contributed by atoms with Crippen molar-refractivity contribution in [2.45, 2.75) is 33.1 Å². The van der Waals surface area contributed by atoms with E-state index in [9.17, 15) is 0 Å². The molecule has 1 heterocycles. The third-order valence-corrected chi connectivity index (χ3v) is 3.23. The van der Waals surface area contributed by atoms with Crippen molar-refractivity contribution in [2.24, 2.45) is 0 Å². The van der Waals surface area contributed by atoms with Crippen molar-refractivity contribution in [1.29, 1.82) is 0 Å². The van der Waals surface area contributed by atoms with Gasteiger partial charge in [0.1, 0.15) is 11.0 Å². The Morgan fingerprint density at radius 2 is 1.78 bits per heavy atom. The largest absolute Gasteiger partial charge is 0.238 e. The van der Waals surface area contributed by atoms with E-state index in [1.165, 1.54) is 5.56 Å². The number of benzene rings is 1. The monoisotopic (exact) mass is 260 g/mol. The van der Waals surface area contributed by atoms with Gasteiger partial charge >= 0.3 is 0 Å². The van der Waals surface area contributed by atoms with Gasteiger partial charge in [-0.3, -0.25) is 0 Å². The van der Waals surface area contributed by atoms with Crippen molar-refractivity contribution in [2.75, 3.05) is 0 Å². The summed E-state index contributed by atoms with van der Waals surface area (Å²) >= 11 is 6.28. The maximum absolute atomic E-state index is 6.28. The van der Waals surface area contributed by atoms with Gasteiger partial charge in [0.2, 0.25) is 0 Å². The zero-order valence-corrected chi connectivity index (χ0v) is 11.7. The van der Waals surface area contributed by atoms with Gasteiger partial charge in [-0.15, -0.1) is 0 Å². The Kier molecular flexibility index (Phi) is 3.97. The zero-order chi connectivity index (χ0) is 13.1. The second-order valence-corrected chi connectivity index (χ2v) is 5.11. The normalized spacial score (nSPS) is 10.9. The van der Waals surface area contributed by atoms with E-state index >= 15 is 0 Å². The van der Waals surface area contributed by atoms with Crippen molar-refractivity contribution in [3.05, 3.63) is 58.1 Å². The number of hydrogen-bond acceptors (Lipinski definition) is 2. The molecule has 0 atom stereocenters. The first-order chi connectivity index (χ1) is 8.58. The van der Waals surface area contributed by atoms with E-state index in [0.29, 0.717) is 11.1 Å². The Labute approximate surface area is 113 Å². The Morgan fingerprint density at radius 1 is 1.11 bits per heavy atom. The quantitative estimate of drug-likeness (QED) is 0.775. The van der Waals surface area contributed by atoms with Gasteiger partial charge in [0, 0.05) is 23.6 Å². The van der Waals surface area contributed by atoms with Gasteiger partial charge in [0.15, 0.2) is 0 Å². The van der Waals surface area contributed by atoms with Crippen LogP contribution < -0.4 is 0 Å². The summed E-state index contributed by atoms with van der Waals surface area (Å²) in [5.74, 6) is 1.11. The van der Waals surface area contributed by atoms with Gasteiger partial charge < -0.3 is 0 Å². The average Bonchev–Trinajstić information content (AvgIpc) is 2.34. The van der Waals surface area contributed by atoms with Crippen LogP contribution in [0.15, 0.2) is 30.3 Å². The minimum absolute atomic E-state index is 0.298. The van der Waals surface area contributed by atoms with Gasteiger partial charge in [0.25, 0.3) is 0 Å². The molecule has 0 N–H and O–H groups in total. The lowest BCUT2D eigenvalue weighted by Crippen LogP contribution is -2.05. The molecular formula is C15H17ClN2. The van der Waals surface area contributed by atoms with Crippen LogP contribution in [0.3, 0.4) is 0 Å². The second kappa shape index (κ2) is 5.49. The van der Waals surface area contributed by atoms with Crippen LogP contribution in [0.2, 0.25) is 5.15 Å². The lowest BCUT2D eigenvalue weighted by atomic mass is 10.0. The van der Waals surface area contributed by atoms with Crippen molar-refractivity contribution in [3.63, 3.8) is 0 Å². The van der Waals surface area contributed by atoms with Gasteiger partial charge in [0.05, 0.1) is 0 Å².